The molecule has 134 valence electrons. The van der Waals surface area contributed by atoms with Gasteiger partial charge in [0.05, 0.1) is 24.7 Å². The number of benzene rings is 1. The summed E-state index contributed by atoms with van der Waals surface area (Å²) in [6.45, 7) is -0.590. The van der Waals surface area contributed by atoms with Crippen molar-refractivity contribution in [3.63, 3.8) is 0 Å². The molecule has 0 amide bonds. The van der Waals surface area contributed by atoms with Crippen molar-refractivity contribution in [1.82, 2.24) is 0 Å². The highest BCUT2D eigenvalue weighted by Crippen LogP contribution is 2.29. The summed E-state index contributed by atoms with van der Waals surface area (Å²) in [4.78, 5) is 19.6. The lowest BCUT2D eigenvalue weighted by molar-refractivity contribution is -0.385. The number of aliphatic hydroxyl groups is 3. The van der Waals surface area contributed by atoms with E-state index in [0.29, 0.717) is 5.56 Å². The van der Waals surface area contributed by atoms with E-state index < -0.39 is 36.1 Å². The molecule has 1 aliphatic heterocycles. The quantitative estimate of drug-likeness (QED) is 0.350. The van der Waals surface area contributed by atoms with Crippen molar-refractivity contribution < 1.29 is 39.5 Å². The second-order valence-electron chi connectivity index (χ2n) is 5.18. The Labute approximate surface area is 137 Å². The van der Waals surface area contributed by atoms with E-state index in [1.165, 1.54) is 25.3 Å². The Hall–Kier alpha value is -1.82. The molecule has 1 aliphatic rings. The lowest BCUT2D eigenvalue weighted by Gasteiger charge is -2.36. The average molecular weight is 345 g/mol. The number of ether oxygens (including phenoxy) is 2. The smallest absolute Gasteiger partial charge is 0.270 e. The molecule has 4 atom stereocenters. The predicted molar refractivity (Wildman–Crippen MR) is 77.9 cm³/mol. The van der Waals surface area contributed by atoms with Crippen LogP contribution in [0.2, 0.25) is 0 Å². The molecule has 24 heavy (non-hydrogen) atoms. The van der Waals surface area contributed by atoms with Gasteiger partial charge in [-0.3, -0.25) is 10.1 Å². The minimum Gasteiger partial charge on any atom is -0.464 e. The van der Waals surface area contributed by atoms with E-state index in [-0.39, 0.29) is 24.5 Å². The van der Waals surface area contributed by atoms with Crippen molar-refractivity contribution in [2.24, 2.45) is 0 Å². The Morgan fingerprint density at radius 1 is 1.42 bits per heavy atom. The Bertz CT molecular complexity index is 567. The summed E-state index contributed by atoms with van der Waals surface area (Å²) in [5, 5.41) is 39.5. The molecule has 2 rings (SSSR count). The SMILES string of the molecule is COOCc1cc([N+](=O)[O-])ccc1OC1CC(O)C(O)C(CO)O1. The molecule has 0 aliphatic carbocycles. The van der Waals surface area contributed by atoms with Crippen molar-refractivity contribution in [2.75, 3.05) is 13.7 Å². The van der Waals surface area contributed by atoms with Gasteiger partial charge in [-0.15, -0.1) is 0 Å². The van der Waals surface area contributed by atoms with Crippen LogP contribution in [0.4, 0.5) is 5.69 Å². The van der Waals surface area contributed by atoms with Gasteiger partial charge >= 0.3 is 0 Å². The summed E-state index contributed by atoms with van der Waals surface area (Å²) in [5.74, 6) is 0.239. The van der Waals surface area contributed by atoms with E-state index in [2.05, 4.69) is 4.89 Å². The predicted octanol–water partition coefficient (Wildman–Crippen LogP) is -0.119. The largest absolute Gasteiger partial charge is 0.464 e. The second-order valence-corrected chi connectivity index (χ2v) is 5.18. The number of non-ortho nitro benzene ring substituents is 1. The molecule has 0 spiro atoms. The molecule has 4 unspecified atom stereocenters. The van der Waals surface area contributed by atoms with Crippen LogP contribution in [0.1, 0.15) is 12.0 Å². The minimum atomic E-state index is -1.22. The summed E-state index contributed by atoms with van der Waals surface area (Å²) < 4.78 is 11.0. The van der Waals surface area contributed by atoms with Crippen LogP contribution < -0.4 is 4.74 Å². The number of nitrogens with zero attached hydrogens (tertiary/aromatic N) is 1. The van der Waals surface area contributed by atoms with Crippen LogP contribution in [0.5, 0.6) is 5.75 Å². The molecule has 1 aromatic carbocycles. The van der Waals surface area contributed by atoms with Gasteiger partial charge in [0.25, 0.3) is 5.69 Å². The van der Waals surface area contributed by atoms with Gasteiger partial charge in [-0.25, -0.2) is 9.78 Å². The van der Waals surface area contributed by atoms with Crippen LogP contribution in [0.25, 0.3) is 0 Å². The number of aliphatic hydroxyl groups excluding tert-OH is 3. The van der Waals surface area contributed by atoms with E-state index in [1.54, 1.807) is 0 Å². The van der Waals surface area contributed by atoms with Gasteiger partial charge in [-0.1, -0.05) is 0 Å². The van der Waals surface area contributed by atoms with Crippen molar-refractivity contribution in [3.05, 3.63) is 33.9 Å². The van der Waals surface area contributed by atoms with Crippen LogP contribution in [0.3, 0.4) is 0 Å². The number of hydrogen-bond acceptors (Lipinski definition) is 9. The molecule has 0 radical (unpaired) electrons. The lowest BCUT2D eigenvalue weighted by atomic mass is 10.0. The Kier molecular flexibility index (Phi) is 6.43. The number of nitro groups is 1. The first-order valence-corrected chi connectivity index (χ1v) is 7.18. The number of nitro benzene ring substituents is 1. The maximum absolute atomic E-state index is 10.9. The van der Waals surface area contributed by atoms with Gasteiger partial charge in [0.2, 0.25) is 6.29 Å². The fourth-order valence-electron chi connectivity index (χ4n) is 2.31. The van der Waals surface area contributed by atoms with E-state index >= 15 is 0 Å². The zero-order valence-corrected chi connectivity index (χ0v) is 12.9. The van der Waals surface area contributed by atoms with Crippen molar-refractivity contribution >= 4 is 5.69 Å². The van der Waals surface area contributed by atoms with Gasteiger partial charge < -0.3 is 24.8 Å². The fraction of sp³-hybridized carbons (Fsp3) is 0.571. The molecule has 0 bridgehead atoms. The van der Waals surface area contributed by atoms with Crippen molar-refractivity contribution in [2.45, 2.75) is 37.6 Å². The molecule has 3 N–H and O–H groups in total. The lowest BCUT2D eigenvalue weighted by Crippen LogP contribution is -2.51. The standard InChI is InChI=1S/C14H19NO9/c1-21-22-7-8-4-9(15(19)20)2-3-11(8)23-13-5-10(17)14(18)12(6-16)24-13/h2-4,10,12-14,16-18H,5-7H2,1H3. The molecule has 1 saturated heterocycles. The molecule has 1 aromatic rings. The first-order valence-electron chi connectivity index (χ1n) is 7.18. The molecule has 10 heteroatoms. The maximum Gasteiger partial charge on any atom is 0.270 e. The van der Waals surface area contributed by atoms with E-state index in [1.807, 2.05) is 0 Å². The molecular weight excluding hydrogens is 326 g/mol. The summed E-state index contributed by atoms with van der Waals surface area (Å²) in [5.41, 5.74) is 0.195. The first kappa shape index (κ1) is 18.5. The first-order chi connectivity index (χ1) is 11.5. The van der Waals surface area contributed by atoms with E-state index in [9.17, 15) is 20.3 Å². The fourth-order valence-corrected chi connectivity index (χ4v) is 2.31. The number of hydrogen-bond donors (Lipinski definition) is 3. The summed E-state index contributed by atoms with van der Waals surface area (Å²) in [6, 6.07) is 3.90. The van der Waals surface area contributed by atoms with Gasteiger partial charge in [-0.2, -0.15) is 0 Å². The summed E-state index contributed by atoms with van der Waals surface area (Å²) >= 11 is 0. The Balaban J connectivity index is 2.17. The van der Waals surface area contributed by atoms with Gasteiger partial charge in [-0.05, 0) is 6.07 Å². The molecule has 0 saturated carbocycles. The van der Waals surface area contributed by atoms with Crippen molar-refractivity contribution in [1.29, 1.82) is 0 Å². The monoisotopic (exact) mass is 345 g/mol. The highest BCUT2D eigenvalue weighted by molar-refractivity contribution is 5.43. The molecule has 10 nitrogen and oxygen atoms in total. The van der Waals surface area contributed by atoms with Crippen LogP contribution in [0.15, 0.2) is 18.2 Å². The minimum absolute atomic E-state index is 0.0285. The average Bonchev–Trinajstić information content (AvgIpc) is 2.56. The molecular formula is C14H19NO9. The summed E-state index contributed by atoms with van der Waals surface area (Å²) in [7, 11) is 1.30. The Morgan fingerprint density at radius 2 is 2.17 bits per heavy atom. The number of rotatable bonds is 7. The zero-order valence-electron chi connectivity index (χ0n) is 12.9. The third-order valence-electron chi connectivity index (χ3n) is 3.56. The Morgan fingerprint density at radius 3 is 2.79 bits per heavy atom. The van der Waals surface area contributed by atoms with Crippen molar-refractivity contribution in [3.8, 4) is 5.75 Å². The topological polar surface area (TPSA) is 141 Å². The summed E-state index contributed by atoms with van der Waals surface area (Å²) in [6.07, 6.45) is -4.31. The van der Waals surface area contributed by atoms with Crippen LogP contribution in [-0.4, -0.2) is 58.6 Å². The van der Waals surface area contributed by atoms with Gasteiger partial charge in [0.15, 0.2) is 0 Å². The van der Waals surface area contributed by atoms with Crippen LogP contribution in [0, 0.1) is 10.1 Å². The normalized spacial score (nSPS) is 27.0. The van der Waals surface area contributed by atoms with E-state index in [0.717, 1.165) is 0 Å². The maximum atomic E-state index is 10.9. The van der Waals surface area contributed by atoms with Crippen LogP contribution >= 0.6 is 0 Å². The molecule has 0 aromatic heterocycles. The van der Waals surface area contributed by atoms with Crippen LogP contribution in [-0.2, 0) is 21.1 Å². The molecule has 1 fully saturated rings. The van der Waals surface area contributed by atoms with Gasteiger partial charge in [0, 0.05) is 24.1 Å². The highest BCUT2D eigenvalue weighted by atomic mass is 17.2. The highest BCUT2D eigenvalue weighted by Gasteiger charge is 2.37. The third-order valence-corrected chi connectivity index (χ3v) is 3.56. The van der Waals surface area contributed by atoms with Gasteiger partial charge in [0.1, 0.15) is 24.6 Å². The zero-order chi connectivity index (χ0) is 17.7. The molecule has 1 heterocycles. The van der Waals surface area contributed by atoms with E-state index in [4.69, 9.17) is 19.5 Å². The second kappa shape index (κ2) is 8.33. The third kappa shape index (κ3) is 4.38.